The van der Waals surface area contributed by atoms with Gasteiger partial charge in [0.15, 0.2) is 0 Å². The average molecular weight is 223 g/mol. The van der Waals surface area contributed by atoms with Crippen LogP contribution in [0.5, 0.6) is 6.01 Å². The van der Waals surface area contributed by atoms with Crippen LogP contribution < -0.4 is 4.74 Å². The van der Waals surface area contributed by atoms with E-state index in [1.807, 2.05) is 0 Å². The number of aromatic nitrogens is 2. The predicted molar refractivity (Wildman–Crippen MR) is 59.3 cm³/mol. The third-order valence-corrected chi connectivity index (χ3v) is 2.88. The van der Waals surface area contributed by atoms with Crippen molar-refractivity contribution in [3.63, 3.8) is 0 Å². The summed E-state index contributed by atoms with van der Waals surface area (Å²) in [5, 5.41) is 0. The van der Waals surface area contributed by atoms with E-state index >= 15 is 0 Å². The standard InChI is InChI=1S/C11H17N3O2/c1-11(16-3)7-14(8-11)6-9-4-12-10(15-2)13-5-9/h4-5H,6-8H2,1-3H3. The lowest BCUT2D eigenvalue weighted by atomic mass is 9.96. The zero-order valence-corrected chi connectivity index (χ0v) is 9.93. The van der Waals surface area contributed by atoms with Crippen LogP contribution in [0.25, 0.3) is 0 Å². The lowest BCUT2D eigenvalue weighted by Gasteiger charge is -2.46. The van der Waals surface area contributed by atoms with Gasteiger partial charge < -0.3 is 9.47 Å². The van der Waals surface area contributed by atoms with E-state index in [1.54, 1.807) is 26.6 Å². The maximum absolute atomic E-state index is 5.39. The molecule has 1 aromatic rings. The Morgan fingerprint density at radius 1 is 1.31 bits per heavy atom. The van der Waals surface area contributed by atoms with E-state index in [9.17, 15) is 0 Å². The Morgan fingerprint density at radius 2 is 1.94 bits per heavy atom. The number of likely N-dealkylation sites (tertiary alicyclic amines) is 1. The molecule has 5 nitrogen and oxygen atoms in total. The Labute approximate surface area is 95.4 Å². The minimum atomic E-state index is 0.0212. The van der Waals surface area contributed by atoms with Gasteiger partial charge in [-0.3, -0.25) is 4.90 Å². The first kappa shape index (κ1) is 11.3. The molecular formula is C11H17N3O2. The van der Waals surface area contributed by atoms with Crippen molar-refractivity contribution in [2.45, 2.75) is 19.1 Å². The fourth-order valence-electron chi connectivity index (χ4n) is 1.93. The summed E-state index contributed by atoms with van der Waals surface area (Å²) >= 11 is 0. The van der Waals surface area contributed by atoms with Crippen LogP contribution in [0.4, 0.5) is 0 Å². The van der Waals surface area contributed by atoms with Crippen LogP contribution in [-0.4, -0.2) is 47.8 Å². The molecule has 0 atom stereocenters. The summed E-state index contributed by atoms with van der Waals surface area (Å²) < 4.78 is 10.3. The number of hydrogen-bond acceptors (Lipinski definition) is 5. The Morgan fingerprint density at radius 3 is 2.44 bits per heavy atom. The third-order valence-electron chi connectivity index (χ3n) is 2.88. The van der Waals surface area contributed by atoms with Gasteiger partial charge in [-0.1, -0.05) is 0 Å². The van der Waals surface area contributed by atoms with E-state index in [0.717, 1.165) is 25.2 Å². The van der Waals surface area contributed by atoms with Gasteiger partial charge in [0.25, 0.3) is 0 Å². The van der Waals surface area contributed by atoms with Crippen LogP contribution in [0.15, 0.2) is 12.4 Å². The molecular weight excluding hydrogens is 206 g/mol. The maximum atomic E-state index is 5.39. The van der Waals surface area contributed by atoms with Crippen LogP contribution in [0.1, 0.15) is 12.5 Å². The van der Waals surface area contributed by atoms with Crippen molar-refractivity contribution in [3.05, 3.63) is 18.0 Å². The van der Waals surface area contributed by atoms with Gasteiger partial charge in [-0.15, -0.1) is 0 Å². The first-order valence-electron chi connectivity index (χ1n) is 5.28. The first-order valence-corrected chi connectivity index (χ1v) is 5.28. The van der Waals surface area contributed by atoms with Gasteiger partial charge in [0.05, 0.1) is 12.7 Å². The highest BCUT2D eigenvalue weighted by Gasteiger charge is 2.38. The largest absolute Gasteiger partial charge is 0.467 e. The predicted octanol–water partition coefficient (Wildman–Crippen LogP) is 0.706. The van der Waals surface area contributed by atoms with Gasteiger partial charge in [0, 0.05) is 44.7 Å². The van der Waals surface area contributed by atoms with Gasteiger partial charge in [-0.05, 0) is 6.92 Å². The second kappa shape index (κ2) is 4.35. The number of methoxy groups -OCH3 is 2. The molecule has 2 rings (SSSR count). The second-order valence-corrected chi connectivity index (χ2v) is 4.38. The van der Waals surface area contributed by atoms with Crippen LogP contribution in [-0.2, 0) is 11.3 Å². The quantitative estimate of drug-likeness (QED) is 0.752. The lowest BCUT2D eigenvalue weighted by molar-refractivity contribution is -0.114. The smallest absolute Gasteiger partial charge is 0.316 e. The van der Waals surface area contributed by atoms with Gasteiger partial charge in [-0.2, -0.15) is 0 Å². The van der Waals surface area contributed by atoms with Gasteiger partial charge in [0.1, 0.15) is 0 Å². The minimum Gasteiger partial charge on any atom is -0.467 e. The zero-order valence-electron chi connectivity index (χ0n) is 9.93. The fraction of sp³-hybridized carbons (Fsp3) is 0.636. The van der Waals surface area contributed by atoms with Crippen LogP contribution in [0.2, 0.25) is 0 Å². The van der Waals surface area contributed by atoms with Crippen LogP contribution in [0, 0.1) is 0 Å². The topological polar surface area (TPSA) is 47.5 Å². The molecule has 1 saturated heterocycles. The normalized spacial score (nSPS) is 19.2. The van der Waals surface area contributed by atoms with E-state index in [0.29, 0.717) is 6.01 Å². The molecule has 5 heteroatoms. The Hall–Kier alpha value is -1.20. The average Bonchev–Trinajstić information content (AvgIpc) is 2.28. The zero-order chi connectivity index (χ0) is 11.6. The van der Waals surface area contributed by atoms with Crippen molar-refractivity contribution in [2.75, 3.05) is 27.3 Å². The highest BCUT2D eigenvalue weighted by Crippen LogP contribution is 2.25. The summed E-state index contributed by atoms with van der Waals surface area (Å²) in [5.41, 5.74) is 1.12. The summed E-state index contributed by atoms with van der Waals surface area (Å²) in [6.45, 7) is 4.89. The summed E-state index contributed by atoms with van der Waals surface area (Å²) in [4.78, 5) is 10.4. The molecule has 0 spiro atoms. The molecule has 0 amide bonds. The molecule has 2 heterocycles. The van der Waals surface area contributed by atoms with Crippen molar-refractivity contribution < 1.29 is 9.47 Å². The van der Waals surface area contributed by atoms with Crippen LogP contribution in [0.3, 0.4) is 0 Å². The Balaban J connectivity index is 1.87. The Bertz CT molecular complexity index is 347. The lowest BCUT2D eigenvalue weighted by Crippen LogP contribution is -2.60. The Kier molecular flexibility index (Phi) is 3.07. The molecule has 1 aromatic heterocycles. The number of rotatable bonds is 4. The third kappa shape index (κ3) is 2.31. The molecule has 0 aliphatic carbocycles. The monoisotopic (exact) mass is 223 g/mol. The molecule has 1 aliphatic heterocycles. The number of nitrogens with zero attached hydrogens (tertiary/aromatic N) is 3. The van der Waals surface area contributed by atoms with Crippen molar-refractivity contribution in [3.8, 4) is 6.01 Å². The SMILES string of the molecule is COc1ncc(CN2CC(C)(OC)C2)cn1. The van der Waals surface area contributed by atoms with Crippen molar-refractivity contribution in [1.29, 1.82) is 0 Å². The summed E-state index contributed by atoms with van der Waals surface area (Å²) in [7, 11) is 3.32. The van der Waals surface area contributed by atoms with E-state index < -0.39 is 0 Å². The van der Waals surface area contributed by atoms with Crippen molar-refractivity contribution in [2.24, 2.45) is 0 Å². The fourth-order valence-corrected chi connectivity index (χ4v) is 1.93. The van der Waals surface area contributed by atoms with E-state index in [-0.39, 0.29) is 5.60 Å². The summed E-state index contributed by atoms with van der Waals surface area (Å²) in [6, 6.07) is 0.411. The molecule has 1 fully saturated rings. The molecule has 0 unspecified atom stereocenters. The van der Waals surface area contributed by atoms with Gasteiger partial charge in [-0.25, -0.2) is 9.97 Å². The van der Waals surface area contributed by atoms with Gasteiger partial charge >= 0.3 is 6.01 Å². The molecule has 0 N–H and O–H groups in total. The molecule has 88 valence electrons. The van der Waals surface area contributed by atoms with Crippen LogP contribution >= 0.6 is 0 Å². The molecule has 16 heavy (non-hydrogen) atoms. The minimum absolute atomic E-state index is 0.0212. The highest BCUT2D eigenvalue weighted by molar-refractivity contribution is 5.09. The number of ether oxygens (including phenoxy) is 2. The highest BCUT2D eigenvalue weighted by atomic mass is 16.5. The van der Waals surface area contributed by atoms with E-state index in [4.69, 9.17) is 9.47 Å². The number of hydrogen-bond donors (Lipinski definition) is 0. The summed E-state index contributed by atoms with van der Waals surface area (Å²) in [5.74, 6) is 0. The van der Waals surface area contributed by atoms with Crippen molar-refractivity contribution >= 4 is 0 Å². The van der Waals surface area contributed by atoms with Gasteiger partial charge in [0.2, 0.25) is 0 Å². The molecule has 0 bridgehead atoms. The first-order chi connectivity index (χ1) is 7.65. The molecule has 0 radical (unpaired) electrons. The van der Waals surface area contributed by atoms with E-state index in [1.165, 1.54) is 0 Å². The van der Waals surface area contributed by atoms with Crippen molar-refractivity contribution in [1.82, 2.24) is 14.9 Å². The summed E-state index contributed by atoms with van der Waals surface area (Å²) in [6.07, 6.45) is 3.60. The molecule has 0 aromatic carbocycles. The molecule has 1 aliphatic rings. The second-order valence-electron chi connectivity index (χ2n) is 4.38. The molecule has 0 saturated carbocycles. The maximum Gasteiger partial charge on any atom is 0.316 e. The van der Waals surface area contributed by atoms with E-state index in [2.05, 4.69) is 21.8 Å².